The predicted octanol–water partition coefficient (Wildman–Crippen LogP) is 3.91. The summed E-state index contributed by atoms with van der Waals surface area (Å²) in [6.07, 6.45) is -11.7. The second kappa shape index (κ2) is 5.27. The van der Waals surface area contributed by atoms with E-state index in [0.29, 0.717) is 4.90 Å². The van der Waals surface area contributed by atoms with Crippen molar-refractivity contribution in [2.75, 3.05) is 11.9 Å². The lowest BCUT2D eigenvalue weighted by molar-refractivity contribution is -0.253. The molecule has 112 valence electrons. The molecule has 1 amide bonds. The van der Waals surface area contributed by atoms with Crippen LogP contribution in [-0.4, -0.2) is 29.6 Å². The summed E-state index contributed by atoms with van der Waals surface area (Å²) in [6.45, 7) is 0. The van der Waals surface area contributed by atoms with Crippen molar-refractivity contribution >= 4 is 27.5 Å². The quantitative estimate of drug-likeness (QED) is 0.576. The summed E-state index contributed by atoms with van der Waals surface area (Å²) in [5, 5.41) is 0. The van der Waals surface area contributed by atoms with Crippen LogP contribution in [0, 0.1) is 0 Å². The van der Waals surface area contributed by atoms with Crippen molar-refractivity contribution in [2.45, 2.75) is 16.7 Å². The van der Waals surface area contributed by atoms with E-state index in [2.05, 4.69) is 0 Å². The second-order valence-electron chi connectivity index (χ2n) is 3.85. The number of hydrogen-bond donors (Lipinski definition) is 0. The number of carbonyl (C=O) groups excluding carboxylic acids is 1. The van der Waals surface area contributed by atoms with Gasteiger partial charge in [-0.1, -0.05) is 34.1 Å². The summed E-state index contributed by atoms with van der Waals surface area (Å²) in [4.78, 5) is 12.0. The van der Waals surface area contributed by atoms with Crippen LogP contribution < -0.4 is 4.90 Å². The van der Waals surface area contributed by atoms with E-state index < -0.39 is 22.6 Å². The summed E-state index contributed by atoms with van der Waals surface area (Å²) < 4.78 is 71.6. The van der Waals surface area contributed by atoms with E-state index in [-0.39, 0.29) is 5.69 Å². The monoisotopic (exact) mass is 363 g/mol. The molecule has 1 aromatic rings. The van der Waals surface area contributed by atoms with Crippen molar-refractivity contribution in [1.82, 2.24) is 0 Å². The lowest BCUT2D eigenvalue weighted by atomic mass is 10.1. The maximum absolute atomic E-state index is 12.7. The van der Waals surface area contributed by atoms with E-state index in [4.69, 9.17) is 0 Å². The molecule has 1 aromatic carbocycles. The van der Waals surface area contributed by atoms with Crippen LogP contribution in [0.15, 0.2) is 30.3 Å². The number of amides is 1. The third-order valence-electron chi connectivity index (χ3n) is 2.52. The van der Waals surface area contributed by atoms with E-state index in [9.17, 15) is 31.1 Å². The Morgan fingerprint density at radius 1 is 1.00 bits per heavy atom. The molecule has 0 aliphatic rings. The minimum absolute atomic E-state index is 0.0881. The zero-order chi connectivity index (χ0) is 15.8. The average molecular weight is 364 g/mol. The molecule has 0 fully saturated rings. The Bertz CT molecular complexity index is 470. The van der Waals surface area contributed by atoms with Gasteiger partial charge in [0.25, 0.3) is 10.2 Å². The van der Waals surface area contributed by atoms with Gasteiger partial charge in [-0.05, 0) is 12.1 Å². The highest BCUT2D eigenvalue weighted by molar-refractivity contribution is 9.10. The minimum Gasteiger partial charge on any atom is -0.314 e. The number of hydrogen-bond acceptors (Lipinski definition) is 1. The third kappa shape index (κ3) is 2.77. The van der Waals surface area contributed by atoms with Crippen LogP contribution in [-0.2, 0) is 4.79 Å². The highest BCUT2D eigenvalue weighted by Gasteiger charge is 2.75. The molecule has 1 rings (SSSR count). The first kappa shape index (κ1) is 16.8. The highest BCUT2D eigenvalue weighted by atomic mass is 79.9. The molecule has 0 bridgehead atoms. The molecule has 0 aromatic heterocycles. The van der Waals surface area contributed by atoms with Crippen molar-refractivity contribution in [3.63, 3.8) is 0 Å². The molecule has 0 N–H and O–H groups in total. The summed E-state index contributed by atoms with van der Waals surface area (Å²) in [5.41, 5.74) is -0.0881. The van der Waals surface area contributed by atoms with Gasteiger partial charge in [0, 0.05) is 12.7 Å². The van der Waals surface area contributed by atoms with Gasteiger partial charge in [0.05, 0.1) is 0 Å². The van der Waals surface area contributed by atoms with Gasteiger partial charge in [-0.3, -0.25) is 4.79 Å². The molecule has 0 radical (unpaired) electrons. The zero-order valence-electron chi connectivity index (χ0n) is 9.89. The lowest BCUT2D eigenvalue weighted by Crippen LogP contribution is -2.61. The molecule has 0 heterocycles. The molecule has 0 aliphatic heterocycles. The van der Waals surface area contributed by atoms with Gasteiger partial charge < -0.3 is 4.90 Å². The van der Waals surface area contributed by atoms with Crippen molar-refractivity contribution in [3.8, 4) is 0 Å². The minimum atomic E-state index is -5.83. The number of benzene rings is 1. The number of rotatable bonds is 2. The van der Waals surface area contributed by atoms with Crippen molar-refractivity contribution in [3.05, 3.63) is 30.3 Å². The van der Waals surface area contributed by atoms with Crippen LogP contribution in [0.5, 0.6) is 0 Å². The smallest absolute Gasteiger partial charge is 0.314 e. The molecular formula is C11H8BrF6NO. The standard InChI is InChI=1S/C11H8BrF6NO/c1-19(7-5-3-2-4-6-7)8(20)9(12,10(13,14)15)11(16,17)18/h2-6H,1H3. The third-order valence-corrected chi connectivity index (χ3v) is 3.76. The van der Waals surface area contributed by atoms with Gasteiger partial charge >= 0.3 is 12.4 Å². The fourth-order valence-corrected chi connectivity index (χ4v) is 1.67. The van der Waals surface area contributed by atoms with Crippen LogP contribution in [0.25, 0.3) is 0 Å². The molecular weight excluding hydrogens is 356 g/mol. The van der Waals surface area contributed by atoms with Crippen LogP contribution in [0.4, 0.5) is 32.0 Å². The number of halogens is 7. The van der Waals surface area contributed by atoms with E-state index in [0.717, 1.165) is 7.05 Å². The number of nitrogens with zero attached hydrogens (tertiary/aromatic N) is 1. The Morgan fingerprint density at radius 2 is 1.40 bits per heavy atom. The summed E-state index contributed by atoms with van der Waals surface area (Å²) in [5.74, 6) is -2.16. The van der Waals surface area contributed by atoms with Gasteiger partial charge in [-0.15, -0.1) is 0 Å². The molecule has 2 nitrogen and oxygen atoms in total. The van der Waals surface area contributed by atoms with Crippen molar-refractivity contribution in [2.24, 2.45) is 0 Å². The molecule has 20 heavy (non-hydrogen) atoms. The molecule has 0 atom stereocenters. The van der Waals surface area contributed by atoms with E-state index >= 15 is 0 Å². The average Bonchev–Trinajstić information content (AvgIpc) is 2.34. The maximum atomic E-state index is 12.7. The van der Waals surface area contributed by atoms with Crippen LogP contribution in [0.1, 0.15) is 0 Å². The SMILES string of the molecule is CN(C(=O)C(Br)(C(F)(F)F)C(F)(F)F)c1ccccc1. The Hall–Kier alpha value is -1.25. The number of para-hydroxylation sites is 1. The molecule has 0 saturated heterocycles. The van der Waals surface area contributed by atoms with E-state index in [1.165, 1.54) is 30.3 Å². The largest absolute Gasteiger partial charge is 0.421 e. The van der Waals surface area contributed by atoms with Gasteiger partial charge in [0.1, 0.15) is 0 Å². The number of alkyl halides is 7. The number of carbonyl (C=O) groups is 1. The summed E-state index contributed by atoms with van der Waals surface area (Å²) >= 11 is 1.55. The fourth-order valence-electron chi connectivity index (χ4n) is 1.40. The summed E-state index contributed by atoms with van der Waals surface area (Å²) in [6, 6.07) is 6.72. The van der Waals surface area contributed by atoms with Crippen LogP contribution in [0.3, 0.4) is 0 Å². The predicted molar refractivity (Wildman–Crippen MR) is 63.6 cm³/mol. The normalized spacial score (nSPS) is 13.2. The first-order valence-electron chi connectivity index (χ1n) is 5.08. The second-order valence-corrected chi connectivity index (χ2v) is 5.04. The van der Waals surface area contributed by atoms with Gasteiger partial charge in [0.2, 0.25) is 0 Å². The van der Waals surface area contributed by atoms with Crippen LogP contribution in [0.2, 0.25) is 0 Å². The number of anilines is 1. The zero-order valence-corrected chi connectivity index (χ0v) is 11.5. The van der Waals surface area contributed by atoms with E-state index in [1.807, 2.05) is 0 Å². The van der Waals surface area contributed by atoms with Crippen molar-refractivity contribution in [1.29, 1.82) is 0 Å². The molecule has 9 heteroatoms. The molecule has 0 unspecified atom stereocenters. The van der Waals surface area contributed by atoms with Gasteiger partial charge in [-0.25, -0.2) is 0 Å². The Morgan fingerprint density at radius 3 is 1.75 bits per heavy atom. The Labute approximate surface area is 118 Å². The first-order valence-corrected chi connectivity index (χ1v) is 5.88. The molecule has 0 saturated carbocycles. The Kier molecular flexibility index (Phi) is 4.42. The van der Waals surface area contributed by atoms with Crippen LogP contribution >= 0.6 is 15.9 Å². The fraction of sp³-hybridized carbons (Fsp3) is 0.364. The Balaban J connectivity index is 3.27. The van der Waals surface area contributed by atoms with Gasteiger partial charge in [-0.2, -0.15) is 26.3 Å². The topological polar surface area (TPSA) is 20.3 Å². The molecule has 0 aliphatic carbocycles. The lowest BCUT2D eigenvalue weighted by Gasteiger charge is -2.33. The van der Waals surface area contributed by atoms with Gasteiger partial charge in [0.15, 0.2) is 0 Å². The van der Waals surface area contributed by atoms with E-state index in [1.54, 1.807) is 15.9 Å². The highest BCUT2D eigenvalue weighted by Crippen LogP contribution is 2.50. The van der Waals surface area contributed by atoms with Crippen molar-refractivity contribution < 1.29 is 31.1 Å². The summed E-state index contributed by atoms with van der Waals surface area (Å²) in [7, 11) is 0.838. The first-order chi connectivity index (χ1) is 8.93. The maximum Gasteiger partial charge on any atom is 0.421 e. The molecule has 0 spiro atoms.